The molecule has 1 aromatic heterocycles. The predicted molar refractivity (Wildman–Crippen MR) is 89.4 cm³/mol. The van der Waals surface area contributed by atoms with Crippen molar-refractivity contribution in [2.75, 3.05) is 5.32 Å². The van der Waals surface area contributed by atoms with E-state index < -0.39 is 8.07 Å². The number of benzene rings is 1. The Morgan fingerprint density at radius 2 is 1.75 bits per heavy atom. The summed E-state index contributed by atoms with van der Waals surface area (Å²) >= 11 is 5.90. The lowest BCUT2D eigenvalue weighted by Gasteiger charge is -2.06. The lowest BCUT2D eigenvalue weighted by molar-refractivity contribution is 1.32. The first-order valence-corrected chi connectivity index (χ1v) is 10.3. The van der Waals surface area contributed by atoms with E-state index in [0.717, 1.165) is 21.8 Å². The summed E-state index contributed by atoms with van der Waals surface area (Å²) in [4.78, 5) is 4.25. The van der Waals surface area contributed by atoms with E-state index in [4.69, 9.17) is 11.6 Å². The summed E-state index contributed by atoms with van der Waals surface area (Å²) in [5.41, 5.74) is 6.31. The molecule has 20 heavy (non-hydrogen) atoms. The van der Waals surface area contributed by atoms with Crippen LogP contribution < -0.4 is 5.32 Å². The SMILES string of the molecule is C[Si](C)(C)C#CNc1cncc(-c2ccc(Cl)cc2)c1. The van der Waals surface area contributed by atoms with E-state index in [0.29, 0.717) is 0 Å². The van der Waals surface area contributed by atoms with Crippen LogP contribution in [0.15, 0.2) is 42.7 Å². The van der Waals surface area contributed by atoms with E-state index in [9.17, 15) is 0 Å². The Morgan fingerprint density at radius 3 is 2.40 bits per heavy atom. The molecule has 0 aliphatic heterocycles. The highest BCUT2D eigenvalue weighted by atomic mass is 35.5. The lowest BCUT2D eigenvalue weighted by atomic mass is 10.1. The van der Waals surface area contributed by atoms with Crippen molar-refractivity contribution in [1.82, 2.24) is 4.98 Å². The van der Waals surface area contributed by atoms with Gasteiger partial charge in [-0.1, -0.05) is 43.4 Å². The molecule has 0 aliphatic carbocycles. The Labute approximate surface area is 126 Å². The molecule has 0 atom stereocenters. The van der Waals surface area contributed by atoms with Crippen LogP contribution in [0.2, 0.25) is 24.7 Å². The van der Waals surface area contributed by atoms with Gasteiger partial charge in [-0.05, 0) is 23.8 Å². The minimum absolute atomic E-state index is 0.733. The highest BCUT2D eigenvalue weighted by Crippen LogP contribution is 2.22. The van der Waals surface area contributed by atoms with Gasteiger partial charge in [0.2, 0.25) is 0 Å². The normalized spacial score (nSPS) is 10.6. The topological polar surface area (TPSA) is 24.9 Å². The zero-order chi connectivity index (χ0) is 14.6. The molecule has 2 aromatic rings. The highest BCUT2D eigenvalue weighted by molar-refractivity contribution is 6.83. The number of halogens is 1. The van der Waals surface area contributed by atoms with Crippen molar-refractivity contribution in [3.8, 4) is 22.7 Å². The van der Waals surface area contributed by atoms with Gasteiger partial charge < -0.3 is 5.32 Å². The van der Waals surface area contributed by atoms with Crippen molar-refractivity contribution < 1.29 is 0 Å². The molecule has 1 heterocycles. The van der Waals surface area contributed by atoms with E-state index in [1.54, 1.807) is 6.20 Å². The number of anilines is 1. The van der Waals surface area contributed by atoms with Gasteiger partial charge in [0.15, 0.2) is 0 Å². The number of nitrogens with zero attached hydrogens (tertiary/aromatic N) is 1. The molecule has 2 rings (SSSR count). The van der Waals surface area contributed by atoms with Crippen molar-refractivity contribution in [2.45, 2.75) is 19.6 Å². The van der Waals surface area contributed by atoms with E-state index in [1.165, 1.54) is 0 Å². The lowest BCUT2D eigenvalue weighted by Crippen LogP contribution is -2.16. The van der Waals surface area contributed by atoms with Crippen molar-refractivity contribution >= 4 is 25.4 Å². The summed E-state index contributed by atoms with van der Waals surface area (Å²) in [5, 5.41) is 3.84. The van der Waals surface area contributed by atoms with Crippen LogP contribution in [-0.2, 0) is 0 Å². The fourth-order valence-electron chi connectivity index (χ4n) is 1.60. The van der Waals surface area contributed by atoms with E-state index >= 15 is 0 Å². The molecule has 0 aliphatic rings. The molecular weight excluding hydrogens is 284 g/mol. The molecule has 0 spiro atoms. The number of hydrogen-bond acceptors (Lipinski definition) is 2. The zero-order valence-electron chi connectivity index (χ0n) is 11.9. The van der Waals surface area contributed by atoms with Gasteiger partial charge in [-0.3, -0.25) is 4.98 Å². The predicted octanol–water partition coefficient (Wildman–Crippen LogP) is 4.65. The van der Waals surface area contributed by atoms with Gasteiger partial charge in [0.25, 0.3) is 0 Å². The van der Waals surface area contributed by atoms with E-state index in [2.05, 4.69) is 41.5 Å². The molecule has 0 amide bonds. The molecule has 0 saturated heterocycles. The minimum Gasteiger partial charge on any atom is -0.314 e. The largest absolute Gasteiger partial charge is 0.314 e. The van der Waals surface area contributed by atoms with Gasteiger partial charge in [0, 0.05) is 22.8 Å². The van der Waals surface area contributed by atoms with Crippen LogP contribution in [-0.4, -0.2) is 13.1 Å². The summed E-state index contributed by atoms with van der Waals surface area (Å²) in [7, 11) is -1.35. The zero-order valence-corrected chi connectivity index (χ0v) is 13.6. The molecule has 4 heteroatoms. The Kier molecular flexibility index (Phi) is 4.48. The third-order valence-electron chi connectivity index (χ3n) is 2.56. The highest BCUT2D eigenvalue weighted by Gasteiger charge is 2.07. The van der Waals surface area contributed by atoms with Gasteiger partial charge >= 0.3 is 0 Å². The first-order valence-electron chi connectivity index (χ1n) is 6.43. The molecule has 0 saturated carbocycles. The van der Waals surface area contributed by atoms with Crippen LogP contribution in [0.4, 0.5) is 5.69 Å². The van der Waals surface area contributed by atoms with E-state index in [-0.39, 0.29) is 0 Å². The van der Waals surface area contributed by atoms with E-state index in [1.807, 2.05) is 36.5 Å². The summed E-state index contributed by atoms with van der Waals surface area (Å²) in [6.45, 7) is 6.64. The van der Waals surface area contributed by atoms with Crippen LogP contribution in [0.3, 0.4) is 0 Å². The number of rotatable bonds is 2. The molecule has 0 bridgehead atoms. The van der Waals surface area contributed by atoms with Crippen LogP contribution in [0.5, 0.6) is 0 Å². The van der Waals surface area contributed by atoms with Gasteiger partial charge in [0.05, 0.1) is 11.9 Å². The van der Waals surface area contributed by atoms with Crippen molar-refractivity contribution in [3.63, 3.8) is 0 Å². The van der Waals surface area contributed by atoms with Crippen LogP contribution in [0, 0.1) is 11.6 Å². The third-order valence-corrected chi connectivity index (χ3v) is 3.69. The Hall–Kier alpha value is -1.76. The first-order chi connectivity index (χ1) is 9.44. The quantitative estimate of drug-likeness (QED) is 0.496. The third kappa shape index (κ3) is 4.41. The molecule has 0 unspecified atom stereocenters. The number of hydrogen-bond donors (Lipinski definition) is 1. The second kappa shape index (κ2) is 6.13. The van der Waals surface area contributed by atoms with Crippen molar-refractivity contribution in [1.29, 1.82) is 0 Å². The smallest absolute Gasteiger partial charge is 0.131 e. The maximum Gasteiger partial charge on any atom is 0.131 e. The molecular formula is C16H17ClN2Si. The maximum absolute atomic E-state index is 5.90. The first kappa shape index (κ1) is 14.6. The van der Waals surface area contributed by atoms with Crippen LogP contribution in [0.25, 0.3) is 11.1 Å². The average molecular weight is 301 g/mol. The number of nitrogens with one attached hydrogen (secondary N) is 1. The van der Waals surface area contributed by atoms with Gasteiger partial charge in [-0.2, -0.15) is 0 Å². The van der Waals surface area contributed by atoms with Gasteiger partial charge in [-0.25, -0.2) is 0 Å². The van der Waals surface area contributed by atoms with Gasteiger partial charge in [-0.15, -0.1) is 5.54 Å². The molecule has 2 nitrogen and oxygen atoms in total. The van der Waals surface area contributed by atoms with Crippen LogP contribution >= 0.6 is 11.6 Å². The Bertz CT molecular complexity index is 649. The van der Waals surface area contributed by atoms with Gasteiger partial charge in [0.1, 0.15) is 8.07 Å². The molecule has 1 aromatic carbocycles. The monoisotopic (exact) mass is 300 g/mol. The summed E-state index contributed by atoms with van der Waals surface area (Å²) in [6, 6.07) is 12.8. The summed E-state index contributed by atoms with van der Waals surface area (Å²) in [6.07, 6.45) is 3.61. The maximum atomic E-state index is 5.90. The molecule has 1 N–H and O–H groups in total. The summed E-state index contributed by atoms with van der Waals surface area (Å²) < 4.78 is 0. The second-order valence-electron chi connectivity index (χ2n) is 5.59. The molecule has 0 fully saturated rings. The number of pyridine rings is 1. The standard InChI is InChI=1S/C16H17ClN2Si/c1-20(2,3)9-8-19-16-10-14(11-18-12-16)13-4-6-15(17)7-5-13/h4-7,10-12,19H,1-3H3. The van der Waals surface area contributed by atoms with Crippen molar-refractivity contribution in [2.24, 2.45) is 0 Å². The minimum atomic E-state index is -1.35. The second-order valence-corrected chi connectivity index (χ2v) is 10.8. The van der Waals surface area contributed by atoms with Crippen LogP contribution in [0.1, 0.15) is 0 Å². The summed E-state index contributed by atoms with van der Waals surface area (Å²) in [5.74, 6) is 0. The van der Waals surface area contributed by atoms with Crippen molar-refractivity contribution in [3.05, 3.63) is 47.7 Å². The molecule has 102 valence electrons. The Morgan fingerprint density at radius 1 is 1.05 bits per heavy atom. The fourth-order valence-corrected chi connectivity index (χ4v) is 2.16. The Balaban J connectivity index is 2.19. The fraction of sp³-hybridized carbons (Fsp3) is 0.188. The average Bonchev–Trinajstić information content (AvgIpc) is 2.38. The molecule has 0 radical (unpaired) electrons. The number of aromatic nitrogens is 1.